The zero-order chi connectivity index (χ0) is 15.6. The van der Waals surface area contributed by atoms with E-state index >= 15 is 0 Å². The van der Waals surface area contributed by atoms with Crippen LogP contribution in [0.4, 0.5) is 0 Å². The van der Waals surface area contributed by atoms with Crippen LogP contribution in [0.2, 0.25) is 0 Å². The van der Waals surface area contributed by atoms with Gasteiger partial charge < -0.3 is 5.11 Å². The molecule has 0 atom stereocenters. The van der Waals surface area contributed by atoms with E-state index in [0.29, 0.717) is 6.42 Å². The third-order valence-corrected chi connectivity index (χ3v) is 4.14. The van der Waals surface area contributed by atoms with Crippen molar-refractivity contribution >= 4 is 5.97 Å². The molecule has 2 heteroatoms. The normalized spacial score (nSPS) is 10.9. The van der Waals surface area contributed by atoms with Gasteiger partial charge in [-0.2, -0.15) is 0 Å². The molecule has 0 aliphatic heterocycles. The van der Waals surface area contributed by atoms with Gasteiger partial charge in [0.25, 0.3) is 0 Å². The molecule has 0 unspecified atom stereocenters. The van der Waals surface area contributed by atoms with Gasteiger partial charge in [-0.1, -0.05) is 103 Å². The second kappa shape index (κ2) is 17.5. The molecule has 1 radical (unpaired) electrons. The molecule has 0 aliphatic rings. The number of carboxylic acid groups (broad SMARTS) is 1. The smallest absolute Gasteiger partial charge is 0.303 e. The van der Waals surface area contributed by atoms with Gasteiger partial charge >= 0.3 is 5.97 Å². The highest BCUT2D eigenvalue weighted by Crippen LogP contribution is 2.13. The quantitative estimate of drug-likeness (QED) is 0.310. The standard InChI is InChI=1S/C19H37O2/c1-2-3-4-5-6-7-8-9-10-11-12-13-14-15-16-17-18-19(20)21/h1-18H2,(H,20,21). The molecule has 0 heterocycles. The van der Waals surface area contributed by atoms with Gasteiger partial charge in [-0.25, -0.2) is 0 Å². The molecule has 2 nitrogen and oxygen atoms in total. The van der Waals surface area contributed by atoms with Crippen LogP contribution in [0.3, 0.4) is 0 Å². The molecule has 0 aromatic rings. The SMILES string of the molecule is [CH2]CCCCCCCCCCCCCCCCCC(=O)O. The van der Waals surface area contributed by atoms with Crippen LogP contribution < -0.4 is 0 Å². The third-order valence-electron chi connectivity index (χ3n) is 4.14. The Morgan fingerprint density at radius 3 is 1.14 bits per heavy atom. The van der Waals surface area contributed by atoms with Crippen molar-refractivity contribution < 1.29 is 9.90 Å². The Morgan fingerprint density at radius 1 is 0.571 bits per heavy atom. The Bertz CT molecular complexity index is 214. The Kier molecular flexibility index (Phi) is 17.1. The van der Waals surface area contributed by atoms with Gasteiger partial charge in [0.2, 0.25) is 0 Å². The summed E-state index contributed by atoms with van der Waals surface area (Å²) in [6, 6.07) is 0. The van der Waals surface area contributed by atoms with Gasteiger partial charge in [0, 0.05) is 6.42 Å². The average molecular weight is 298 g/mol. The van der Waals surface area contributed by atoms with Crippen LogP contribution in [0.25, 0.3) is 0 Å². The van der Waals surface area contributed by atoms with Crippen molar-refractivity contribution in [1.29, 1.82) is 0 Å². The van der Waals surface area contributed by atoms with Crippen molar-refractivity contribution in [3.05, 3.63) is 6.92 Å². The minimum atomic E-state index is -0.655. The Balaban J connectivity index is 2.95. The summed E-state index contributed by atoms with van der Waals surface area (Å²) in [7, 11) is 0. The van der Waals surface area contributed by atoms with Crippen molar-refractivity contribution in [2.24, 2.45) is 0 Å². The summed E-state index contributed by atoms with van der Waals surface area (Å²) in [5.74, 6) is -0.655. The number of hydrogen-bond acceptors (Lipinski definition) is 1. The molecular weight excluding hydrogens is 260 g/mol. The van der Waals surface area contributed by atoms with Gasteiger partial charge in [0.15, 0.2) is 0 Å². The zero-order valence-electron chi connectivity index (χ0n) is 14.1. The average Bonchev–Trinajstić information content (AvgIpc) is 2.46. The van der Waals surface area contributed by atoms with E-state index in [1.807, 2.05) is 0 Å². The summed E-state index contributed by atoms with van der Waals surface area (Å²) >= 11 is 0. The third kappa shape index (κ3) is 19.5. The minimum Gasteiger partial charge on any atom is -0.481 e. The molecule has 0 rings (SSSR count). The molecule has 1 N–H and O–H groups in total. The lowest BCUT2D eigenvalue weighted by molar-refractivity contribution is -0.137. The number of carbonyl (C=O) groups is 1. The van der Waals surface area contributed by atoms with Crippen molar-refractivity contribution in [3.8, 4) is 0 Å². The number of unbranched alkanes of at least 4 members (excludes halogenated alkanes) is 15. The first-order valence-electron chi connectivity index (χ1n) is 9.28. The fourth-order valence-corrected chi connectivity index (χ4v) is 2.75. The van der Waals surface area contributed by atoms with Crippen molar-refractivity contribution in [1.82, 2.24) is 0 Å². The molecule has 0 saturated heterocycles. The van der Waals surface area contributed by atoms with Crippen molar-refractivity contribution in [3.63, 3.8) is 0 Å². The van der Waals surface area contributed by atoms with Crippen LogP contribution in [-0.4, -0.2) is 11.1 Å². The zero-order valence-corrected chi connectivity index (χ0v) is 14.1. The second-order valence-electron chi connectivity index (χ2n) is 6.30. The molecule has 0 spiro atoms. The predicted molar refractivity (Wildman–Crippen MR) is 91.5 cm³/mol. The summed E-state index contributed by atoms with van der Waals surface area (Å²) in [5, 5.41) is 8.53. The van der Waals surface area contributed by atoms with E-state index in [4.69, 9.17) is 5.11 Å². The van der Waals surface area contributed by atoms with Gasteiger partial charge in [-0.15, -0.1) is 0 Å². The van der Waals surface area contributed by atoms with E-state index < -0.39 is 5.97 Å². The molecule has 0 aromatic heterocycles. The van der Waals surface area contributed by atoms with Gasteiger partial charge in [0.05, 0.1) is 0 Å². The van der Waals surface area contributed by atoms with Crippen molar-refractivity contribution in [2.45, 2.75) is 109 Å². The van der Waals surface area contributed by atoms with E-state index in [0.717, 1.165) is 19.3 Å². The lowest BCUT2D eigenvalue weighted by Crippen LogP contribution is -1.93. The maximum absolute atomic E-state index is 10.3. The van der Waals surface area contributed by atoms with Crippen LogP contribution in [0.15, 0.2) is 0 Å². The topological polar surface area (TPSA) is 37.3 Å². The Hall–Kier alpha value is -0.530. The van der Waals surface area contributed by atoms with Crippen LogP contribution in [0.1, 0.15) is 109 Å². The van der Waals surface area contributed by atoms with E-state index in [9.17, 15) is 4.79 Å². The molecule has 0 aliphatic carbocycles. The maximum Gasteiger partial charge on any atom is 0.303 e. The Labute approximate surface area is 132 Å². The molecular formula is C19H37O2. The largest absolute Gasteiger partial charge is 0.481 e. The fourth-order valence-electron chi connectivity index (χ4n) is 2.75. The summed E-state index contributed by atoms with van der Waals surface area (Å²) in [6.07, 6.45) is 21.1. The first-order valence-corrected chi connectivity index (χ1v) is 9.28. The highest BCUT2D eigenvalue weighted by molar-refractivity contribution is 5.66. The number of aliphatic carboxylic acids is 1. The first-order chi connectivity index (χ1) is 10.3. The summed E-state index contributed by atoms with van der Waals surface area (Å²) in [5.41, 5.74) is 0. The minimum absolute atomic E-state index is 0.343. The molecule has 0 aromatic carbocycles. The molecule has 125 valence electrons. The molecule has 0 saturated carbocycles. The lowest BCUT2D eigenvalue weighted by atomic mass is 10.0. The number of rotatable bonds is 17. The molecule has 21 heavy (non-hydrogen) atoms. The first kappa shape index (κ1) is 20.5. The monoisotopic (exact) mass is 297 g/mol. The van der Waals surface area contributed by atoms with Crippen LogP contribution >= 0.6 is 0 Å². The van der Waals surface area contributed by atoms with E-state index in [2.05, 4.69) is 6.92 Å². The number of hydrogen-bond donors (Lipinski definition) is 1. The predicted octanol–water partition coefficient (Wildman–Crippen LogP) is 6.54. The summed E-state index contributed by atoms with van der Waals surface area (Å²) in [6.45, 7) is 3.87. The molecule has 0 amide bonds. The lowest BCUT2D eigenvalue weighted by Gasteiger charge is -2.03. The molecule has 0 fully saturated rings. The van der Waals surface area contributed by atoms with E-state index in [1.165, 1.54) is 83.5 Å². The highest BCUT2D eigenvalue weighted by atomic mass is 16.4. The summed E-state index contributed by atoms with van der Waals surface area (Å²) < 4.78 is 0. The fraction of sp³-hybridized carbons (Fsp3) is 0.895. The van der Waals surface area contributed by atoms with Crippen LogP contribution in [0, 0.1) is 6.92 Å². The summed E-state index contributed by atoms with van der Waals surface area (Å²) in [4.78, 5) is 10.3. The van der Waals surface area contributed by atoms with Gasteiger partial charge in [-0.05, 0) is 6.42 Å². The highest BCUT2D eigenvalue weighted by Gasteiger charge is 1.97. The number of carboxylic acids is 1. The van der Waals surface area contributed by atoms with Crippen LogP contribution in [0.5, 0.6) is 0 Å². The maximum atomic E-state index is 10.3. The van der Waals surface area contributed by atoms with E-state index in [-0.39, 0.29) is 0 Å². The van der Waals surface area contributed by atoms with Crippen molar-refractivity contribution in [2.75, 3.05) is 0 Å². The van der Waals surface area contributed by atoms with Gasteiger partial charge in [-0.3, -0.25) is 4.79 Å². The Morgan fingerprint density at radius 2 is 0.857 bits per heavy atom. The van der Waals surface area contributed by atoms with Crippen LogP contribution in [-0.2, 0) is 4.79 Å². The molecule has 0 bridgehead atoms. The second-order valence-corrected chi connectivity index (χ2v) is 6.30. The van der Waals surface area contributed by atoms with Gasteiger partial charge in [0.1, 0.15) is 0 Å². The van der Waals surface area contributed by atoms with E-state index in [1.54, 1.807) is 0 Å².